The van der Waals surface area contributed by atoms with Crippen molar-refractivity contribution in [2.75, 3.05) is 31.9 Å². The fraction of sp³-hybridized carbons (Fsp3) is 0.400. The first-order valence-electron chi connectivity index (χ1n) is 15.0. The Balaban J connectivity index is 1.47. The van der Waals surface area contributed by atoms with Crippen LogP contribution >= 0.6 is 0 Å². The summed E-state index contributed by atoms with van der Waals surface area (Å²) in [5.41, 5.74) is 1.49. The van der Waals surface area contributed by atoms with Crippen molar-refractivity contribution in [2.45, 2.75) is 65.1 Å². The number of ether oxygens (including phenoxy) is 3. The molecule has 234 valence electrons. The van der Waals surface area contributed by atoms with E-state index >= 15 is 8.78 Å². The van der Waals surface area contributed by atoms with Crippen molar-refractivity contribution in [3.63, 3.8) is 0 Å². The number of methoxy groups -OCH3 is 1. The molecule has 2 aromatic heterocycles. The SMILES string of the molecule is C#Cc1ccc(F)c2cc(OCOC)cc(-c3ncc4c(N5CC6CCC(C5)N6C(=O)OC(C)(C)C)nc(C)c(C)c4c3F)c12. The highest BCUT2D eigenvalue weighted by Crippen LogP contribution is 2.41. The van der Waals surface area contributed by atoms with Gasteiger partial charge in [-0.1, -0.05) is 5.92 Å². The molecular weight excluding hydrogens is 578 g/mol. The molecule has 2 fully saturated rings. The van der Waals surface area contributed by atoms with E-state index in [-0.39, 0.29) is 41.8 Å². The zero-order valence-corrected chi connectivity index (χ0v) is 26.3. The minimum atomic E-state index is -0.589. The molecule has 2 aliphatic rings. The Labute approximate surface area is 261 Å². The number of halogens is 2. The predicted molar refractivity (Wildman–Crippen MR) is 169 cm³/mol. The third-order valence-corrected chi connectivity index (χ3v) is 8.63. The third kappa shape index (κ3) is 5.39. The molecule has 2 bridgehead atoms. The molecule has 8 nitrogen and oxygen atoms in total. The van der Waals surface area contributed by atoms with Crippen LogP contribution in [0.25, 0.3) is 32.8 Å². The Morgan fingerprint density at radius 3 is 2.44 bits per heavy atom. The molecule has 0 saturated carbocycles. The highest BCUT2D eigenvalue weighted by molar-refractivity contribution is 6.04. The number of anilines is 1. The molecular formula is C35H36F2N4O4. The van der Waals surface area contributed by atoms with Gasteiger partial charge in [0.05, 0.1) is 12.1 Å². The number of rotatable bonds is 5. The van der Waals surface area contributed by atoms with Crippen LogP contribution in [-0.4, -0.2) is 65.6 Å². The summed E-state index contributed by atoms with van der Waals surface area (Å²) in [4.78, 5) is 26.5. The number of carbonyl (C=O) groups is 1. The monoisotopic (exact) mass is 614 g/mol. The molecule has 2 unspecified atom stereocenters. The largest absolute Gasteiger partial charge is 0.468 e. The van der Waals surface area contributed by atoms with E-state index in [9.17, 15) is 4.79 Å². The average Bonchev–Trinajstić information content (AvgIpc) is 3.26. The van der Waals surface area contributed by atoms with Crippen LogP contribution in [0.3, 0.4) is 0 Å². The number of piperazine rings is 1. The quantitative estimate of drug-likeness (QED) is 0.179. The van der Waals surface area contributed by atoms with E-state index in [2.05, 4.69) is 15.8 Å². The van der Waals surface area contributed by atoms with Gasteiger partial charge in [-0.25, -0.2) is 18.6 Å². The molecule has 1 amide bonds. The number of nitrogens with zero attached hydrogens (tertiary/aromatic N) is 4. The van der Waals surface area contributed by atoms with Crippen molar-refractivity contribution in [2.24, 2.45) is 0 Å². The minimum absolute atomic E-state index is 0.0203. The van der Waals surface area contributed by atoms with Crippen molar-refractivity contribution in [3.8, 4) is 29.4 Å². The Bertz CT molecular complexity index is 1870. The lowest BCUT2D eigenvalue weighted by atomic mass is 9.94. The fourth-order valence-corrected chi connectivity index (χ4v) is 6.57. The zero-order chi connectivity index (χ0) is 32.2. The van der Waals surface area contributed by atoms with Gasteiger partial charge in [-0.05, 0) is 77.3 Å². The van der Waals surface area contributed by atoms with Crippen molar-refractivity contribution < 1.29 is 27.8 Å². The van der Waals surface area contributed by atoms with Crippen LogP contribution in [-0.2, 0) is 9.47 Å². The standard InChI is InChI=1S/C35H36F2N4O4/c1-8-21-9-12-28(36)25-13-24(44-18-43-7)14-26(30(21)25)32-31(37)29-19(2)20(3)39-33(27(29)15-38-32)40-16-22-10-11-23(17-40)41(22)34(42)45-35(4,5)6/h1,9,12-15,22-23H,10-11,16-18H2,2-7H3. The van der Waals surface area contributed by atoms with Crippen LogP contribution in [0.15, 0.2) is 30.5 Å². The summed E-state index contributed by atoms with van der Waals surface area (Å²) >= 11 is 0. The highest BCUT2D eigenvalue weighted by Gasteiger charge is 2.45. The number of fused-ring (bicyclic) bond motifs is 4. The number of terminal acetylenes is 1. The van der Waals surface area contributed by atoms with Crippen LogP contribution in [0, 0.1) is 37.8 Å². The number of aromatic nitrogens is 2. The smallest absolute Gasteiger partial charge is 0.410 e. The maximum atomic E-state index is 16.9. The van der Waals surface area contributed by atoms with Gasteiger partial charge in [0, 0.05) is 64.8 Å². The summed E-state index contributed by atoms with van der Waals surface area (Å²) in [6, 6.07) is 5.82. The average molecular weight is 615 g/mol. The van der Waals surface area contributed by atoms with E-state index in [0.717, 1.165) is 12.8 Å². The van der Waals surface area contributed by atoms with E-state index in [1.54, 1.807) is 12.3 Å². The summed E-state index contributed by atoms with van der Waals surface area (Å²) in [5.74, 6) is 2.42. The van der Waals surface area contributed by atoms with Crippen LogP contribution in [0.2, 0.25) is 0 Å². The second kappa shape index (κ2) is 11.5. The third-order valence-electron chi connectivity index (χ3n) is 8.63. The Kier molecular flexibility index (Phi) is 7.77. The molecule has 10 heteroatoms. The number of carbonyl (C=O) groups excluding carboxylic acids is 1. The number of hydrogen-bond donors (Lipinski definition) is 0. The van der Waals surface area contributed by atoms with E-state index in [0.29, 0.717) is 57.5 Å². The lowest BCUT2D eigenvalue weighted by Gasteiger charge is -2.42. The van der Waals surface area contributed by atoms with Gasteiger partial charge < -0.3 is 19.1 Å². The number of aryl methyl sites for hydroxylation is 2. The van der Waals surface area contributed by atoms with Gasteiger partial charge in [0.25, 0.3) is 0 Å². The summed E-state index contributed by atoms with van der Waals surface area (Å²) in [5, 5.41) is 1.49. The summed E-state index contributed by atoms with van der Waals surface area (Å²) < 4.78 is 48.4. The lowest BCUT2D eigenvalue weighted by molar-refractivity contribution is 0.0123. The van der Waals surface area contributed by atoms with Crippen LogP contribution in [0.5, 0.6) is 5.75 Å². The maximum Gasteiger partial charge on any atom is 0.410 e. The summed E-state index contributed by atoms with van der Waals surface area (Å²) in [6.07, 6.45) is 8.82. The van der Waals surface area contributed by atoms with Gasteiger partial charge in [0.2, 0.25) is 0 Å². The molecule has 4 heterocycles. The van der Waals surface area contributed by atoms with Gasteiger partial charge in [0.15, 0.2) is 12.6 Å². The second-order valence-electron chi connectivity index (χ2n) is 12.7. The van der Waals surface area contributed by atoms with Crippen molar-refractivity contribution in [1.29, 1.82) is 0 Å². The molecule has 2 atom stereocenters. The molecule has 0 aliphatic carbocycles. The summed E-state index contributed by atoms with van der Waals surface area (Å²) in [6.45, 7) is 10.3. The highest BCUT2D eigenvalue weighted by atomic mass is 19.1. The van der Waals surface area contributed by atoms with Crippen LogP contribution < -0.4 is 9.64 Å². The Hall–Kier alpha value is -4.49. The van der Waals surface area contributed by atoms with Gasteiger partial charge in [-0.3, -0.25) is 9.88 Å². The van der Waals surface area contributed by atoms with Crippen LogP contribution in [0.4, 0.5) is 19.4 Å². The molecule has 0 N–H and O–H groups in total. The number of amides is 1. The van der Waals surface area contributed by atoms with Gasteiger partial charge in [0.1, 0.15) is 28.7 Å². The zero-order valence-electron chi connectivity index (χ0n) is 26.3. The minimum Gasteiger partial charge on any atom is -0.468 e. The van der Waals surface area contributed by atoms with E-state index in [4.69, 9.17) is 25.6 Å². The summed E-state index contributed by atoms with van der Waals surface area (Å²) in [7, 11) is 1.48. The van der Waals surface area contributed by atoms with E-state index < -0.39 is 17.2 Å². The first-order chi connectivity index (χ1) is 21.4. The first-order valence-corrected chi connectivity index (χ1v) is 15.0. The molecule has 0 radical (unpaired) electrons. The molecule has 2 saturated heterocycles. The van der Waals surface area contributed by atoms with Crippen molar-refractivity contribution in [1.82, 2.24) is 14.9 Å². The Morgan fingerprint density at radius 1 is 1.09 bits per heavy atom. The van der Waals surface area contributed by atoms with E-state index in [1.807, 2.05) is 39.5 Å². The molecule has 6 rings (SSSR count). The maximum absolute atomic E-state index is 16.9. The van der Waals surface area contributed by atoms with Crippen molar-refractivity contribution in [3.05, 3.63) is 58.9 Å². The lowest BCUT2D eigenvalue weighted by Crippen LogP contribution is -2.57. The number of pyridine rings is 2. The van der Waals surface area contributed by atoms with Crippen LogP contribution in [0.1, 0.15) is 50.4 Å². The van der Waals surface area contributed by atoms with Crippen molar-refractivity contribution >= 4 is 33.5 Å². The fourth-order valence-electron chi connectivity index (χ4n) is 6.57. The normalized spacial score (nSPS) is 18.0. The van der Waals surface area contributed by atoms with Gasteiger partial charge in [-0.2, -0.15) is 0 Å². The topological polar surface area (TPSA) is 77.0 Å². The molecule has 45 heavy (non-hydrogen) atoms. The van der Waals surface area contributed by atoms with Gasteiger partial charge >= 0.3 is 6.09 Å². The molecule has 4 aromatic rings. The molecule has 2 aliphatic heterocycles. The number of benzene rings is 2. The predicted octanol–water partition coefficient (Wildman–Crippen LogP) is 6.90. The molecule has 2 aromatic carbocycles. The second-order valence-corrected chi connectivity index (χ2v) is 12.7. The van der Waals surface area contributed by atoms with E-state index in [1.165, 1.54) is 25.3 Å². The molecule has 0 spiro atoms. The number of hydrogen-bond acceptors (Lipinski definition) is 7. The first kappa shape index (κ1) is 30.5. The van der Waals surface area contributed by atoms with Gasteiger partial charge in [-0.15, -0.1) is 6.42 Å². The Morgan fingerprint density at radius 2 is 1.80 bits per heavy atom.